The second-order valence-electron chi connectivity index (χ2n) is 3.76. The van der Waals surface area contributed by atoms with Crippen LogP contribution in [0.3, 0.4) is 0 Å². The summed E-state index contributed by atoms with van der Waals surface area (Å²) in [7, 11) is 0. The average molecular weight is 312 g/mol. The molecule has 0 saturated carbocycles. The van der Waals surface area contributed by atoms with Crippen molar-refractivity contribution in [2.24, 2.45) is 0 Å². The Balaban J connectivity index is 2.13. The highest BCUT2D eigenvalue weighted by Gasteiger charge is 2.08. The highest BCUT2D eigenvalue weighted by atomic mass is 79.9. The lowest BCUT2D eigenvalue weighted by Gasteiger charge is -2.11. The molecule has 2 aromatic carbocycles. The molecule has 0 amide bonds. The van der Waals surface area contributed by atoms with Gasteiger partial charge in [0.25, 0.3) is 0 Å². The second-order valence-corrected chi connectivity index (χ2v) is 4.62. The minimum absolute atomic E-state index is 0.196. The van der Waals surface area contributed by atoms with Crippen LogP contribution in [0.15, 0.2) is 40.9 Å². The van der Waals surface area contributed by atoms with Crippen molar-refractivity contribution in [3.63, 3.8) is 0 Å². The van der Waals surface area contributed by atoms with Crippen LogP contribution >= 0.6 is 15.9 Å². The van der Waals surface area contributed by atoms with E-state index in [1.807, 2.05) is 0 Å². The molecular formula is C13H11BrFNO2. The second kappa shape index (κ2) is 5.27. The van der Waals surface area contributed by atoms with Gasteiger partial charge in [-0.25, -0.2) is 4.39 Å². The lowest BCUT2D eigenvalue weighted by Crippen LogP contribution is -2.00. The van der Waals surface area contributed by atoms with E-state index in [1.165, 1.54) is 12.1 Å². The molecule has 5 heteroatoms. The first-order chi connectivity index (χ1) is 8.56. The number of anilines is 1. The van der Waals surface area contributed by atoms with Crippen molar-refractivity contribution in [2.45, 2.75) is 6.61 Å². The van der Waals surface area contributed by atoms with Gasteiger partial charge in [0.15, 0.2) is 5.75 Å². The molecule has 0 atom stereocenters. The van der Waals surface area contributed by atoms with Gasteiger partial charge in [-0.1, -0.05) is 12.1 Å². The molecule has 0 aliphatic rings. The van der Waals surface area contributed by atoms with E-state index in [1.54, 1.807) is 24.3 Å². The van der Waals surface area contributed by atoms with Crippen molar-refractivity contribution in [2.75, 3.05) is 5.73 Å². The molecule has 0 bridgehead atoms. The maximum Gasteiger partial charge on any atom is 0.157 e. The first kappa shape index (κ1) is 12.7. The van der Waals surface area contributed by atoms with E-state index < -0.39 is 5.82 Å². The number of nitrogens with two attached hydrogens (primary N) is 1. The van der Waals surface area contributed by atoms with Crippen LogP contribution in [0.2, 0.25) is 0 Å². The fourth-order valence-corrected chi connectivity index (χ4v) is 2.04. The van der Waals surface area contributed by atoms with Crippen molar-refractivity contribution in [1.82, 2.24) is 0 Å². The molecule has 0 spiro atoms. The van der Waals surface area contributed by atoms with Gasteiger partial charge in [-0.05, 0) is 39.7 Å². The summed E-state index contributed by atoms with van der Waals surface area (Å²) < 4.78 is 19.0. The van der Waals surface area contributed by atoms with E-state index in [4.69, 9.17) is 15.6 Å². The predicted molar refractivity (Wildman–Crippen MR) is 71.0 cm³/mol. The monoisotopic (exact) mass is 311 g/mol. The normalized spacial score (nSPS) is 10.3. The topological polar surface area (TPSA) is 55.5 Å². The van der Waals surface area contributed by atoms with Gasteiger partial charge in [-0.3, -0.25) is 0 Å². The number of benzene rings is 2. The number of hydrogen-bond acceptors (Lipinski definition) is 3. The van der Waals surface area contributed by atoms with Crippen LogP contribution in [0, 0.1) is 5.82 Å². The third kappa shape index (κ3) is 2.92. The lowest BCUT2D eigenvalue weighted by molar-refractivity contribution is 0.305. The third-order valence-corrected chi connectivity index (χ3v) is 2.95. The molecule has 94 valence electrons. The van der Waals surface area contributed by atoms with E-state index in [9.17, 15) is 4.39 Å². The van der Waals surface area contributed by atoms with Crippen LogP contribution in [0.1, 0.15) is 5.56 Å². The van der Waals surface area contributed by atoms with Crippen LogP contribution in [-0.4, -0.2) is 5.11 Å². The van der Waals surface area contributed by atoms with Crippen LogP contribution in [-0.2, 0) is 6.61 Å². The van der Waals surface area contributed by atoms with Gasteiger partial charge >= 0.3 is 0 Å². The highest BCUT2D eigenvalue weighted by molar-refractivity contribution is 9.10. The van der Waals surface area contributed by atoms with E-state index in [0.29, 0.717) is 10.2 Å². The largest absolute Gasteiger partial charge is 0.508 e. The maximum atomic E-state index is 13.0. The summed E-state index contributed by atoms with van der Waals surface area (Å²) in [5.74, 6) is 0.182. The Hall–Kier alpha value is -1.75. The summed E-state index contributed by atoms with van der Waals surface area (Å²) in [5, 5.41) is 9.15. The molecule has 0 radical (unpaired) electrons. The Labute approximate surface area is 112 Å². The minimum atomic E-state index is -0.420. The van der Waals surface area contributed by atoms with E-state index in [0.717, 1.165) is 5.56 Å². The molecule has 2 rings (SSSR count). The highest BCUT2D eigenvalue weighted by Crippen LogP contribution is 2.33. The Bertz CT molecular complexity index is 534. The maximum absolute atomic E-state index is 13.0. The molecule has 2 aromatic rings. The molecule has 0 unspecified atom stereocenters. The standard InChI is InChI=1S/C13H11BrFNO2/c14-11-5-9(15)6-12(16)13(11)18-7-8-1-3-10(17)4-2-8/h1-6,17H,7,16H2. The minimum Gasteiger partial charge on any atom is -0.508 e. The number of halogens is 2. The number of aromatic hydroxyl groups is 1. The summed E-state index contributed by atoms with van der Waals surface area (Å²) in [6, 6.07) is 9.12. The zero-order chi connectivity index (χ0) is 13.1. The number of ether oxygens (including phenoxy) is 1. The van der Waals surface area contributed by atoms with Crippen molar-refractivity contribution >= 4 is 21.6 Å². The summed E-state index contributed by atoms with van der Waals surface area (Å²) in [4.78, 5) is 0. The van der Waals surface area contributed by atoms with Crippen LogP contribution in [0.4, 0.5) is 10.1 Å². The SMILES string of the molecule is Nc1cc(F)cc(Br)c1OCc1ccc(O)cc1. The number of nitrogen functional groups attached to an aromatic ring is 1. The smallest absolute Gasteiger partial charge is 0.157 e. The van der Waals surface area contributed by atoms with E-state index >= 15 is 0 Å². The van der Waals surface area contributed by atoms with Gasteiger partial charge in [0, 0.05) is 6.07 Å². The van der Waals surface area contributed by atoms with Crippen molar-refractivity contribution in [1.29, 1.82) is 0 Å². The van der Waals surface area contributed by atoms with Gasteiger partial charge in [0.05, 0.1) is 10.2 Å². The molecule has 3 nitrogen and oxygen atoms in total. The summed E-state index contributed by atoms with van der Waals surface area (Å²) in [6.07, 6.45) is 0. The number of phenols is 1. The first-order valence-electron chi connectivity index (χ1n) is 5.21. The fraction of sp³-hybridized carbons (Fsp3) is 0.0769. The van der Waals surface area contributed by atoms with E-state index in [2.05, 4.69) is 15.9 Å². The molecule has 0 aliphatic carbocycles. The zero-order valence-electron chi connectivity index (χ0n) is 9.36. The summed E-state index contributed by atoms with van der Waals surface area (Å²) in [5.41, 5.74) is 6.79. The predicted octanol–water partition coefficient (Wildman–Crippen LogP) is 3.46. The average Bonchev–Trinajstić information content (AvgIpc) is 2.30. The van der Waals surface area contributed by atoms with Gasteiger partial charge in [0.1, 0.15) is 18.2 Å². The zero-order valence-corrected chi connectivity index (χ0v) is 10.9. The van der Waals surface area contributed by atoms with Gasteiger partial charge in [-0.15, -0.1) is 0 Å². The van der Waals surface area contributed by atoms with Gasteiger partial charge in [-0.2, -0.15) is 0 Å². The van der Waals surface area contributed by atoms with Crippen molar-refractivity contribution in [3.05, 3.63) is 52.3 Å². The van der Waals surface area contributed by atoms with Crippen LogP contribution in [0.25, 0.3) is 0 Å². The summed E-state index contributed by atoms with van der Waals surface area (Å²) in [6.45, 7) is 0.286. The van der Waals surface area contributed by atoms with Crippen LogP contribution < -0.4 is 10.5 Å². The molecule has 18 heavy (non-hydrogen) atoms. The fourth-order valence-electron chi connectivity index (χ4n) is 1.48. The van der Waals surface area contributed by atoms with Crippen LogP contribution in [0.5, 0.6) is 11.5 Å². The Morgan fingerprint density at radius 1 is 1.22 bits per heavy atom. The quantitative estimate of drug-likeness (QED) is 0.854. The Morgan fingerprint density at radius 3 is 2.50 bits per heavy atom. The molecule has 0 heterocycles. The van der Waals surface area contributed by atoms with Gasteiger partial charge in [0.2, 0.25) is 0 Å². The molecule has 0 saturated heterocycles. The van der Waals surface area contributed by atoms with Crippen molar-refractivity contribution < 1.29 is 14.2 Å². The van der Waals surface area contributed by atoms with Gasteiger partial charge < -0.3 is 15.6 Å². The van der Waals surface area contributed by atoms with E-state index in [-0.39, 0.29) is 18.0 Å². The Kier molecular flexibility index (Phi) is 3.72. The number of hydrogen-bond donors (Lipinski definition) is 2. The molecule has 3 N–H and O–H groups in total. The molecular weight excluding hydrogens is 301 g/mol. The summed E-state index contributed by atoms with van der Waals surface area (Å²) >= 11 is 3.20. The number of phenolic OH excluding ortho intramolecular Hbond substituents is 1. The number of rotatable bonds is 3. The third-order valence-electron chi connectivity index (χ3n) is 2.36. The first-order valence-corrected chi connectivity index (χ1v) is 6.01. The Morgan fingerprint density at radius 2 is 1.89 bits per heavy atom. The molecule has 0 aromatic heterocycles. The van der Waals surface area contributed by atoms with Crippen molar-refractivity contribution in [3.8, 4) is 11.5 Å². The molecule has 0 fully saturated rings. The molecule has 0 aliphatic heterocycles. The lowest BCUT2D eigenvalue weighted by atomic mass is 10.2.